The zero-order valence-corrected chi connectivity index (χ0v) is 22.2. The Bertz CT molecular complexity index is 1350. The molecule has 10 nitrogen and oxygen atoms in total. The molecular weight excluding hydrogens is 500 g/mol. The summed E-state index contributed by atoms with van der Waals surface area (Å²) in [5.74, 6) is 1.00. The standard InChI is InChI=1S/C29H32N4O6/c1-18-14-33(19(2)16-34)28(35)23-11-21(20-7-5-4-6-8-20)13-30-27(23)39-26(18)15-32(3)29(36)31-22-9-10-24-25(12-22)38-17-37-24/h4-13,18-19,26,34H,14-17H2,1-3H3,(H,31,36)/t18-,19-,26-/m0/s1. The van der Waals surface area contributed by atoms with E-state index < -0.39 is 12.1 Å². The molecule has 3 atom stereocenters. The topological polar surface area (TPSA) is 113 Å². The van der Waals surface area contributed by atoms with Gasteiger partial charge in [0.15, 0.2) is 11.5 Å². The van der Waals surface area contributed by atoms with Crippen LogP contribution < -0.4 is 19.5 Å². The van der Waals surface area contributed by atoms with Crippen molar-refractivity contribution in [3.63, 3.8) is 0 Å². The van der Waals surface area contributed by atoms with E-state index in [-0.39, 0.29) is 43.7 Å². The molecule has 39 heavy (non-hydrogen) atoms. The van der Waals surface area contributed by atoms with Crippen molar-refractivity contribution in [2.45, 2.75) is 26.0 Å². The maximum Gasteiger partial charge on any atom is 0.321 e. The molecule has 0 unspecified atom stereocenters. The van der Waals surface area contributed by atoms with Crippen LogP contribution >= 0.6 is 0 Å². The third-order valence-corrected chi connectivity index (χ3v) is 7.05. The first-order chi connectivity index (χ1) is 18.8. The zero-order chi connectivity index (χ0) is 27.5. The molecule has 2 aliphatic rings. The number of carbonyl (C=O) groups is 2. The zero-order valence-electron chi connectivity index (χ0n) is 22.2. The number of hydrogen-bond donors (Lipinski definition) is 2. The van der Waals surface area contributed by atoms with Gasteiger partial charge in [0.25, 0.3) is 5.91 Å². The van der Waals surface area contributed by atoms with Gasteiger partial charge in [-0.05, 0) is 30.7 Å². The van der Waals surface area contributed by atoms with Gasteiger partial charge in [-0.3, -0.25) is 4.79 Å². The molecule has 0 saturated carbocycles. The van der Waals surface area contributed by atoms with Crippen molar-refractivity contribution in [3.05, 3.63) is 66.4 Å². The van der Waals surface area contributed by atoms with E-state index in [0.29, 0.717) is 29.3 Å². The SMILES string of the molecule is C[C@H]1CN([C@@H](C)CO)C(=O)c2cc(-c3ccccc3)cnc2O[C@H]1CN(C)C(=O)Nc1ccc2c(c1)OCO2. The van der Waals surface area contributed by atoms with E-state index in [1.54, 1.807) is 49.3 Å². The molecule has 3 amide bonds. The van der Waals surface area contributed by atoms with Crippen molar-refractivity contribution in [1.29, 1.82) is 0 Å². The van der Waals surface area contributed by atoms with Gasteiger partial charge in [-0.1, -0.05) is 37.3 Å². The smallest absolute Gasteiger partial charge is 0.321 e. The fourth-order valence-corrected chi connectivity index (χ4v) is 4.65. The van der Waals surface area contributed by atoms with Crippen molar-refractivity contribution < 1.29 is 28.9 Å². The Morgan fingerprint density at radius 2 is 1.92 bits per heavy atom. The summed E-state index contributed by atoms with van der Waals surface area (Å²) in [6.45, 7) is 4.33. The second-order valence-corrected chi connectivity index (χ2v) is 9.94. The third kappa shape index (κ3) is 5.61. The normalized spacial score (nSPS) is 18.9. The summed E-state index contributed by atoms with van der Waals surface area (Å²) in [5, 5.41) is 12.8. The van der Waals surface area contributed by atoms with E-state index in [9.17, 15) is 14.7 Å². The molecule has 2 N–H and O–H groups in total. The number of aliphatic hydroxyl groups excluding tert-OH is 1. The summed E-state index contributed by atoms with van der Waals surface area (Å²) in [7, 11) is 1.68. The number of nitrogens with zero attached hydrogens (tertiary/aromatic N) is 3. The van der Waals surface area contributed by atoms with E-state index in [4.69, 9.17) is 14.2 Å². The number of carbonyl (C=O) groups excluding carboxylic acids is 2. The van der Waals surface area contributed by atoms with Crippen molar-refractivity contribution in [2.24, 2.45) is 5.92 Å². The number of urea groups is 1. The van der Waals surface area contributed by atoms with Crippen LogP contribution in [0.2, 0.25) is 0 Å². The molecule has 5 rings (SSSR count). The average molecular weight is 533 g/mol. The second-order valence-electron chi connectivity index (χ2n) is 9.94. The molecule has 0 bridgehead atoms. The van der Waals surface area contributed by atoms with Crippen LogP contribution in [-0.4, -0.2) is 77.5 Å². The first-order valence-electron chi connectivity index (χ1n) is 12.9. The Morgan fingerprint density at radius 1 is 1.15 bits per heavy atom. The number of hydrogen-bond acceptors (Lipinski definition) is 7. The Morgan fingerprint density at radius 3 is 2.69 bits per heavy atom. The number of nitrogens with one attached hydrogen (secondary N) is 1. The lowest BCUT2D eigenvalue weighted by atomic mass is 9.99. The first-order valence-corrected chi connectivity index (χ1v) is 12.9. The van der Waals surface area contributed by atoms with E-state index in [2.05, 4.69) is 10.3 Å². The van der Waals surface area contributed by atoms with Crippen LogP contribution in [0.1, 0.15) is 24.2 Å². The van der Waals surface area contributed by atoms with E-state index >= 15 is 0 Å². The highest BCUT2D eigenvalue weighted by Crippen LogP contribution is 2.34. The molecule has 2 aromatic carbocycles. The minimum Gasteiger partial charge on any atom is -0.472 e. The predicted octanol–water partition coefficient (Wildman–Crippen LogP) is 3.86. The Kier molecular flexibility index (Phi) is 7.56. The van der Waals surface area contributed by atoms with Gasteiger partial charge in [0.05, 0.1) is 19.2 Å². The maximum absolute atomic E-state index is 13.6. The van der Waals surface area contributed by atoms with E-state index in [1.165, 1.54) is 4.90 Å². The maximum atomic E-state index is 13.6. The minimum atomic E-state index is -0.465. The van der Waals surface area contributed by atoms with E-state index in [1.807, 2.05) is 37.3 Å². The number of aromatic nitrogens is 1. The van der Waals surface area contributed by atoms with Gasteiger partial charge in [-0.25, -0.2) is 9.78 Å². The highest BCUT2D eigenvalue weighted by atomic mass is 16.7. The highest BCUT2D eigenvalue weighted by molar-refractivity contribution is 5.98. The molecule has 2 aliphatic heterocycles. The largest absolute Gasteiger partial charge is 0.472 e. The molecule has 0 fully saturated rings. The van der Waals surface area contributed by atoms with Crippen LogP contribution in [0.4, 0.5) is 10.5 Å². The number of rotatable bonds is 6. The van der Waals surface area contributed by atoms with Gasteiger partial charge in [-0.15, -0.1) is 0 Å². The number of fused-ring (bicyclic) bond motifs is 2. The van der Waals surface area contributed by atoms with Crippen LogP contribution in [-0.2, 0) is 0 Å². The second kappa shape index (κ2) is 11.2. The molecule has 0 aliphatic carbocycles. The van der Waals surface area contributed by atoms with Crippen LogP contribution in [0.25, 0.3) is 11.1 Å². The Balaban J connectivity index is 1.38. The number of benzene rings is 2. The lowest BCUT2D eigenvalue weighted by molar-refractivity contribution is 0.0356. The van der Waals surface area contributed by atoms with Crippen LogP contribution in [0.5, 0.6) is 17.4 Å². The molecule has 204 valence electrons. The summed E-state index contributed by atoms with van der Waals surface area (Å²) in [5.41, 5.74) is 2.61. The number of pyridine rings is 1. The number of aliphatic hydroxyl groups is 1. The first kappa shape index (κ1) is 26.3. The quantitative estimate of drug-likeness (QED) is 0.496. The van der Waals surface area contributed by atoms with Gasteiger partial charge >= 0.3 is 6.03 Å². The van der Waals surface area contributed by atoms with Crippen molar-refractivity contribution >= 4 is 17.6 Å². The lowest BCUT2D eigenvalue weighted by Crippen LogP contribution is -2.50. The number of ether oxygens (including phenoxy) is 3. The number of anilines is 1. The van der Waals surface area contributed by atoms with Gasteiger partial charge in [-0.2, -0.15) is 0 Å². The molecule has 0 radical (unpaired) electrons. The van der Waals surface area contributed by atoms with Gasteiger partial charge in [0.2, 0.25) is 12.7 Å². The molecule has 3 aromatic rings. The lowest BCUT2D eigenvalue weighted by Gasteiger charge is -2.37. The fraction of sp³-hybridized carbons (Fsp3) is 0.345. The molecular formula is C29H32N4O6. The summed E-state index contributed by atoms with van der Waals surface area (Å²) >= 11 is 0. The molecule has 3 heterocycles. The third-order valence-electron chi connectivity index (χ3n) is 7.05. The molecule has 0 saturated heterocycles. The minimum absolute atomic E-state index is 0.153. The molecule has 1 aromatic heterocycles. The summed E-state index contributed by atoms with van der Waals surface area (Å²) < 4.78 is 17.1. The van der Waals surface area contributed by atoms with Crippen molar-refractivity contribution in [2.75, 3.05) is 38.9 Å². The Labute approximate surface area is 227 Å². The van der Waals surface area contributed by atoms with Crippen LogP contribution in [0.15, 0.2) is 60.8 Å². The molecule has 10 heteroatoms. The average Bonchev–Trinajstić information content (AvgIpc) is 3.42. The van der Waals surface area contributed by atoms with Gasteiger partial charge < -0.3 is 34.4 Å². The Hall–Kier alpha value is -4.31. The van der Waals surface area contributed by atoms with E-state index in [0.717, 1.165) is 11.1 Å². The van der Waals surface area contributed by atoms with Crippen LogP contribution in [0, 0.1) is 5.92 Å². The summed E-state index contributed by atoms with van der Waals surface area (Å²) in [4.78, 5) is 34.4. The summed E-state index contributed by atoms with van der Waals surface area (Å²) in [6, 6.07) is 15.9. The van der Waals surface area contributed by atoms with Gasteiger partial charge in [0.1, 0.15) is 11.7 Å². The number of likely N-dealkylation sites (N-methyl/N-ethyl adjacent to an activating group) is 1. The fourth-order valence-electron chi connectivity index (χ4n) is 4.65. The summed E-state index contributed by atoms with van der Waals surface area (Å²) in [6.07, 6.45) is 1.22. The predicted molar refractivity (Wildman–Crippen MR) is 145 cm³/mol. The van der Waals surface area contributed by atoms with Crippen molar-refractivity contribution in [1.82, 2.24) is 14.8 Å². The van der Waals surface area contributed by atoms with Gasteiger partial charge in [0, 0.05) is 43.0 Å². The monoisotopic (exact) mass is 532 g/mol. The highest BCUT2D eigenvalue weighted by Gasteiger charge is 2.35. The van der Waals surface area contributed by atoms with Crippen LogP contribution in [0.3, 0.4) is 0 Å². The molecule has 0 spiro atoms. The van der Waals surface area contributed by atoms with Crippen molar-refractivity contribution in [3.8, 4) is 28.5 Å². The number of amides is 3.